The Kier molecular flexibility index (Phi) is 1.75. The van der Waals surface area contributed by atoms with Gasteiger partial charge in [0.2, 0.25) is 5.69 Å². The second-order valence-electron chi connectivity index (χ2n) is 6.06. The molecule has 6 rings (SSSR count). The van der Waals surface area contributed by atoms with Gasteiger partial charge in [0.05, 0.1) is 11.3 Å². The summed E-state index contributed by atoms with van der Waals surface area (Å²) in [6, 6.07) is 19.2. The van der Waals surface area contributed by atoms with E-state index in [1.165, 1.54) is 28.0 Å². The Morgan fingerprint density at radius 3 is 2.86 bits per heavy atom. The normalized spacial score (nSPS) is 15.3. The van der Waals surface area contributed by atoms with Gasteiger partial charge in [-0.2, -0.15) is 4.57 Å². The van der Waals surface area contributed by atoms with Crippen LogP contribution in [0.2, 0.25) is 0 Å². The lowest BCUT2D eigenvalue weighted by molar-refractivity contribution is -0.671. The molecule has 3 aliphatic heterocycles. The van der Waals surface area contributed by atoms with Crippen LogP contribution < -0.4 is 19.5 Å². The summed E-state index contributed by atoms with van der Waals surface area (Å²) in [6.45, 7) is 0.953. The summed E-state index contributed by atoms with van der Waals surface area (Å²) in [6.07, 6.45) is 2.17. The summed E-state index contributed by atoms with van der Waals surface area (Å²) >= 11 is 0. The molecule has 0 bridgehead atoms. The van der Waals surface area contributed by atoms with E-state index >= 15 is 0 Å². The van der Waals surface area contributed by atoms with Crippen molar-refractivity contribution in [1.82, 2.24) is 0 Å². The van der Waals surface area contributed by atoms with E-state index in [-0.39, 0.29) is 7.05 Å². The third-order valence-corrected chi connectivity index (χ3v) is 4.93. The highest BCUT2D eigenvalue weighted by atomic mass is 16.5. The zero-order valence-corrected chi connectivity index (χ0v) is 11.9. The summed E-state index contributed by atoms with van der Waals surface area (Å²) in [5.41, 5.74) is 7.76. The SMILES string of the molecule is c1ccc2c(c1)OB1c3cccc4c3-c3c(ccc[n+]3C4)N12. The van der Waals surface area contributed by atoms with E-state index in [0.29, 0.717) is 0 Å². The zero-order chi connectivity index (χ0) is 14.3. The van der Waals surface area contributed by atoms with Crippen molar-refractivity contribution in [2.45, 2.75) is 6.54 Å². The Morgan fingerprint density at radius 2 is 1.86 bits per heavy atom. The second kappa shape index (κ2) is 3.53. The zero-order valence-electron chi connectivity index (χ0n) is 11.9. The number of fused-ring (bicyclic) bond motifs is 5. The summed E-state index contributed by atoms with van der Waals surface area (Å²) < 4.78 is 8.64. The number of anilines is 2. The third-order valence-electron chi connectivity index (χ3n) is 4.93. The fourth-order valence-electron chi connectivity index (χ4n) is 4.08. The minimum absolute atomic E-state index is 0.0474. The predicted octanol–water partition coefficient (Wildman–Crippen LogP) is 2.24. The molecule has 0 aliphatic carbocycles. The van der Waals surface area contributed by atoms with Gasteiger partial charge in [0.1, 0.15) is 11.4 Å². The second-order valence-corrected chi connectivity index (χ2v) is 6.06. The van der Waals surface area contributed by atoms with E-state index in [4.69, 9.17) is 4.65 Å². The molecule has 0 atom stereocenters. The molecule has 22 heavy (non-hydrogen) atoms. The number of nitrogens with zero attached hydrogens (tertiary/aromatic N) is 2. The van der Waals surface area contributed by atoms with Crippen LogP contribution in [0.4, 0.5) is 11.4 Å². The van der Waals surface area contributed by atoms with Crippen molar-refractivity contribution < 1.29 is 9.22 Å². The summed E-state index contributed by atoms with van der Waals surface area (Å²) in [5.74, 6) is 0.965. The summed E-state index contributed by atoms with van der Waals surface area (Å²) in [5, 5.41) is 0. The molecule has 4 heterocycles. The highest BCUT2D eigenvalue weighted by Crippen LogP contribution is 2.47. The van der Waals surface area contributed by atoms with Crippen molar-refractivity contribution in [3.8, 4) is 17.0 Å². The molecular weight excluding hydrogens is 271 g/mol. The highest BCUT2D eigenvalue weighted by molar-refractivity contribution is 6.77. The molecule has 3 aliphatic rings. The molecule has 2 aromatic carbocycles. The molecule has 0 unspecified atom stereocenters. The maximum absolute atomic E-state index is 6.29. The van der Waals surface area contributed by atoms with Crippen LogP contribution >= 0.6 is 0 Å². The molecule has 102 valence electrons. The number of hydrogen-bond donors (Lipinski definition) is 0. The molecular formula is C18H12BN2O+. The van der Waals surface area contributed by atoms with Crippen molar-refractivity contribution in [3.63, 3.8) is 0 Å². The topological polar surface area (TPSA) is 16.4 Å². The van der Waals surface area contributed by atoms with Crippen molar-refractivity contribution in [2.24, 2.45) is 0 Å². The molecule has 3 aromatic rings. The fourth-order valence-corrected chi connectivity index (χ4v) is 4.08. The Labute approximate surface area is 128 Å². The van der Waals surface area contributed by atoms with Crippen LogP contribution in [0.5, 0.6) is 5.75 Å². The molecule has 4 heteroatoms. The molecule has 0 N–H and O–H groups in total. The number of benzene rings is 2. The van der Waals surface area contributed by atoms with Crippen LogP contribution in [0, 0.1) is 0 Å². The van der Waals surface area contributed by atoms with E-state index in [2.05, 4.69) is 64.1 Å². The molecule has 1 aromatic heterocycles. The summed E-state index contributed by atoms with van der Waals surface area (Å²) in [7, 11) is -0.0474. The van der Waals surface area contributed by atoms with Crippen molar-refractivity contribution in [2.75, 3.05) is 4.81 Å². The quantitative estimate of drug-likeness (QED) is 0.363. The van der Waals surface area contributed by atoms with Crippen molar-refractivity contribution in [1.29, 1.82) is 0 Å². The maximum Gasteiger partial charge on any atom is 0.525 e. The lowest BCUT2D eigenvalue weighted by Gasteiger charge is -2.27. The van der Waals surface area contributed by atoms with Crippen molar-refractivity contribution >= 4 is 23.9 Å². The predicted molar refractivity (Wildman–Crippen MR) is 85.8 cm³/mol. The van der Waals surface area contributed by atoms with Crippen LogP contribution in [0.15, 0.2) is 60.8 Å². The van der Waals surface area contributed by atoms with E-state index in [0.717, 1.165) is 18.0 Å². The highest BCUT2D eigenvalue weighted by Gasteiger charge is 2.50. The Hall–Kier alpha value is -2.75. The maximum atomic E-state index is 6.29. The van der Waals surface area contributed by atoms with Gasteiger partial charge in [0.15, 0.2) is 12.7 Å². The number of aromatic nitrogens is 1. The van der Waals surface area contributed by atoms with E-state index in [9.17, 15) is 0 Å². The van der Waals surface area contributed by atoms with Gasteiger partial charge in [-0.05, 0) is 18.2 Å². The molecule has 0 fully saturated rings. The first-order valence-electron chi connectivity index (χ1n) is 7.61. The van der Waals surface area contributed by atoms with Gasteiger partial charge in [0.25, 0.3) is 0 Å². The molecule has 0 radical (unpaired) electrons. The van der Waals surface area contributed by atoms with Crippen molar-refractivity contribution in [3.05, 3.63) is 66.4 Å². The van der Waals surface area contributed by atoms with E-state index < -0.39 is 0 Å². The summed E-state index contributed by atoms with van der Waals surface area (Å²) in [4.78, 5) is 2.33. The first-order chi connectivity index (χ1) is 10.9. The largest absolute Gasteiger partial charge is 0.536 e. The van der Waals surface area contributed by atoms with Gasteiger partial charge < -0.3 is 9.47 Å². The number of hydrogen-bond acceptors (Lipinski definition) is 2. The number of rotatable bonds is 0. The Balaban J connectivity index is 1.75. The van der Waals surface area contributed by atoms with Gasteiger partial charge in [-0.3, -0.25) is 0 Å². The lowest BCUT2D eigenvalue weighted by atomic mass is 9.65. The van der Waals surface area contributed by atoms with E-state index in [1.54, 1.807) is 0 Å². The number of para-hydroxylation sites is 2. The van der Waals surface area contributed by atoms with Crippen LogP contribution in [0.3, 0.4) is 0 Å². The molecule has 0 amide bonds. The Morgan fingerprint density at radius 1 is 0.955 bits per heavy atom. The van der Waals surface area contributed by atoms with Gasteiger partial charge in [-0.25, -0.2) is 0 Å². The van der Waals surface area contributed by atoms with E-state index in [1.807, 2.05) is 6.07 Å². The third kappa shape index (κ3) is 1.10. The first-order valence-corrected chi connectivity index (χ1v) is 7.61. The van der Waals surface area contributed by atoms with Gasteiger partial charge >= 0.3 is 7.05 Å². The average Bonchev–Trinajstić information content (AvgIpc) is 3.13. The average molecular weight is 283 g/mol. The first kappa shape index (κ1) is 10.9. The van der Waals surface area contributed by atoms with Crippen LogP contribution in [0.1, 0.15) is 5.56 Å². The Bertz CT molecular complexity index is 969. The van der Waals surface area contributed by atoms with Gasteiger partial charge in [0, 0.05) is 17.1 Å². The fraction of sp³-hybridized carbons (Fsp3) is 0.0556. The minimum atomic E-state index is -0.0474. The molecule has 0 saturated heterocycles. The standard InChI is InChI=1S/C18H12BN2O/c1-2-9-16-14(7-1)21-15-8-4-10-20-11-12-5-3-6-13(19(21)22-16)17(12)18(15)20/h1-10H,11H2/q+1. The molecule has 0 saturated carbocycles. The number of pyridine rings is 1. The van der Waals surface area contributed by atoms with Crippen LogP contribution in [-0.4, -0.2) is 7.05 Å². The molecule has 0 spiro atoms. The van der Waals surface area contributed by atoms with Crippen LogP contribution in [-0.2, 0) is 6.54 Å². The lowest BCUT2D eigenvalue weighted by Crippen LogP contribution is -2.51. The minimum Gasteiger partial charge on any atom is -0.536 e. The van der Waals surface area contributed by atoms with Gasteiger partial charge in [-0.15, -0.1) is 0 Å². The smallest absolute Gasteiger partial charge is 0.525 e. The molecule has 3 nitrogen and oxygen atoms in total. The van der Waals surface area contributed by atoms with Crippen LogP contribution in [0.25, 0.3) is 11.3 Å². The van der Waals surface area contributed by atoms with Gasteiger partial charge in [-0.1, -0.05) is 30.3 Å². The monoisotopic (exact) mass is 283 g/mol.